The number of halogens is 1. The number of pyridine rings is 2. The van der Waals surface area contributed by atoms with Gasteiger partial charge in [-0.25, -0.2) is 4.98 Å². The van der Waals surface area contributed by atoms with Crippen LogP contribution >= 0.6 is 11.6 Å². The highest BCUT2D eigenvalue weighted by Crippen LogP contribution is 2.38. The Balaban J connectivity index is 1.66. The summed E-state index contributed by atoms with van der Waals surface area (Å²) >= 11 is 6.90. The van der Waals surface area contributed by atoms with Gasteiger partial charge in [0.2, 0.25) is 0 Å². The van der Waals surface area contributed by atoms with Gasteiger partial charge in [0.25, 0.3) is 11.7 Å². The number of nitrogens with zero attached hydrogens (tertiary/aromatic N) is 3. The molecule has 0 bridgehead atoms. The van der Waals surface area contributed by atoms with E-state index in [2.05, 4.69) is 25.4 Å². The van der Waals surface area contributed by atoms with E-state index in [0.29, 0.717) is 22.7 Å². The van der Waals surface area contributed by atoms with E-state index in [4.69, 9.17) is 18.2 Å². The van der Waals surface area contributed by atoms with Crippen LogP contribution < -0.4 is 10.6 Å². The minimum Gasteiger partial charge on any atom is -0.361 e. The Bertz CT molecular complexity index is 1680. The van der Waals surface area contributed by atoms with Gasteiger partial charge in [0.05, 0.1) is 16.2 Å². The Morgan fingerprint density at radius 2 is 1.73 bits per heavy atom. The van der Waals surface area contributed by atoms with Gasteiger partial charge in [-0.3, -0.25) is 4.79 Å². The van der Waals surface area contributed by atoms with Crippen molar-refractivity contribution in [1.29, 1.82) is 0 Å². The number of carbonyl (C=O) groups excluding carboxylic acids is 1. The Kier molecular flexibility index (Phi) is 6.55. The van der Waals surface area contributed by atoms with Crippen molar-refractivity contribution in [1.82, 2.24) is 9.97 Å². The van der Waals surface area contributed by atoms with E-state index in [9.17, 15) is 4.79 Å². The molecule has 3 aromatic carbocycles. The molecule has 1 amide bonds. The molecule has 2 heterocycles. The highest BCUT2D eigenvalue weighted by Gasteiger charge is 2.21. The topological polar surface area (TPSA) is 71.3 Å². The van der Waals surface area contributed by atoms with Crippen molar-refractivity contribution in [3.05, 3.63) is 118 Å². The molecule has 0 aliphatic rings. The highest BCUT2D eigenvalue weighted by molar-refractivity contribution is 6.38. The molecule has 0 spiro atoms. The molecule has 0 fully saturated rings. The summed E-state index contributed by atoms with van der Waals surface area (Å²) in [6.07, 6.45) is 1.67. The van der Waals surface area contributed by atoms with Gasteiger partial charge in [-0.2, -0.15) is 0 Å². The van der Waals surface area contributed by atoms with Gasteiger partial charge in [0.15, 0.2) is 0 Å². The molecule has 0 aliphatic carbocycles. The van der Waals surface area contributed by atoms with Gasteiger partial charge in [0.1, 0.15) is 11.9 Å². The van der Waals surface area contributed by atoms with E-state index in [1.165, 1.54) is 0 Å². The van der Waals surface area contributed by atoms with E-state index in [1.807, 2.05) is 86.6 Å². The summed E-state index contributed by atoms with van der Waals surface area (Å²) in [6, 6.07) is 24.6. The summed E-state index contributed by atoms with van der Waals surface area (Å²) in [6.45, 7) is 11.2. The number of para-hydroxylation sites is 1. The van der Waals surface area contributed by atoms with Crippen molar-refractivity contribution < 1.29 is 4.79 Å². The number of anilines is 3. The van der Waals surface area contributed by atoms with Gasteiger partial charge >= 0.3 is 0 Å². The second kappa shape index (κ2) is 10.1. The molecule has 5 rings (SSSR count). The molecule has 0 unspecified atom stereocenters. The zero-order valence-corrected chi connectivity index (χ0v) is 21.0. The first-order valence-corrected chi connectivity index (χ1v) is 12.0. The van der Waals surface area contributed by atoms with Crippen LogP contribution in [0.5, 0.6) is 0 Å². The minimum atomic E-state index is -0.398. The molecule has 6 nitrogen and oxygen atoms in total. The maximum Gasteiger partial charge on any atom is 0.275 e. The smallest absolute Gasteiger partial charge is 0.275 e. The predicted octanol–water partition coefficient (Wildman–Crippen LogP) is 8.11. The van der Waals surface area contributed by atoms with Crippen LogP contribution in [0.4, 0.5) is 22.9 Å². The van der Waals surface area contributed by atoms with Crippen LogP contribution in [-0.4, -0.2) is 15.9 Å². The molecule has 2 N–H and O–H groups in total. The first-order chi connectivity index (χ1) is 17.9. The van der Waals surface area contributed by atoms with Crippen molar-refractivity contribution in [2.45, 2.75) is 13.8 Å². The number of aryl methyl sites for hydroxylation is 2. The number of benzene rings is 3. The van der Waals surface area contributed by atoms with Gasteiger partial charge in [0, 0.05) is 22.3 Å². The first-order valence-electron chi connectivity index (χ1n) is 11.6. The molecular formula is C30H22ClN5O. The third-order valence-corrected chi connectivity index (χ3v) is 6.39. The Labute approximate surface area is 219 Å². The third kappa shape index (κ3) is 4.99. The summed E-state index contributed by atoms with van der Waals surface area (Å²) in [5, 5.41) is 7.33. The second-order valence-electron chi connectivity index (χ2n) is 8.66. The normalized spacial score (nSPS) is 10.6. The summed E-state index contributed by atoms with van der Waals surface area (Å²) in [5.41, 5.74) is 6.75. The van der Waals surface area contributed by atoms with E-state index in [1.54, 1.807) is 12.3 Å². The number of aromatic nitrogens is 2. The molecule has 2 aromatic heterocycles. The molecule has 180 valence electrons. The molecule has 0 saturated carbocycles. The number of nitrogens with one attached hydrogen (secondary N) is 2. The lowest BCUT2D eigenvalue weighted by Gasteiger charge is -2.17. The van der Waals surface area contributed by atoms with Gasteiger partial charge in [-0.05, 0) is 66.9 Å². The number of hydrogen-bond donors (Lipinski definition) is 2. The largest absolute Gasteiger partial charge is 0.361 e. The van der Waals surface area contributed by atoms with E-state index < -0.39 is 5.91 Å². The standard InChI is InChI=1S/C30H22ClN5O/c1-18-9-10-19(2)25(15-18)36-28-23-16-20(21-12-14-26(32-3)33-17-21)11-13-24(23)35-29(27(28)31)30(37)34-22-7-5-4-6-8-22/h4-17H,1-2H3,(H,34,37)(H,35,36). The highest BCUT2D eigenvalue weighted by atomic mass is 35.5. The first kappa shape index (κ1) is 24.0. The summed E-state index contributed by atoms with van der Waals surface area (Å²) < 4.78 is 0. The molecule has 7 heteroatoms. The van der Waals surface area contributed by atoms with Crippen molar-refractivity contribution >= 4 is 51.3 Å². The van der Waals surface area contributed by atoms with Crippen LogP contribution in [0.2, 0.25) is 5.02 Å². The van der Waals surface area contributed by atoms with Gasteiger partial charge in [-0.15, -0.1) is 4.98 Å². The number of hydrogen-bond acceptors (Lipinski definition) is 4. The molecule has 37 heavy (non-hydrogen) atoms. The SMILES string of the molecule is [C-]#[N+]c1ccc(-c2ccc3nc(C(=O)Nc4ccccc4)c(Cl)c(Nc4cc(C)ccc4C)c3c2)cn1. The van der Waals surface area contributed by atoms with Crippen molar-refractivity contribution in [3.63, 3.8) is 0 Å². The van der Waals surface area contributed by atoms with E-state index in [0.717, 1.165) is 33.3 Å². The molecule has 5 aromatic rings. The van der Waals surface area contributed by atoms with Crippen LogP contribution in [0.1, 0.15) is 21.6 Å². The lowest BCUT2D eigenvalue weighted by molar-refractivity contribution is 0.102. The van der Waals surface area contributed by atoms with Crippen LogP contribution in [0.15, 0.2) is 85.1 Å². The van der Waals surface area contributed by atoms with Crippen LogP contribution in [0, 0.1) is 20.4 Å². The maximum absolute atomic E-state index is 13.2. The fourth-order valence-corrected chi connectivity index (χ4v) is 4.31. The van der Waals surface area contributed by atoms with Gasteiger partial charge in [-0.1, -0.05) is 60.6 Å². The third-order valence-electron chi connectivity index (χ3n) is 6.02. The maximum atomic E-state index is 13.2. The zero-order chi connectivity index (χ0) is 25.9. The fraction of sp³-hybridized carbons (Fsp3) is 0.0667. The van der Waals surface area contributed by atoms with Gasteiger partial charge < -0.3 is 15.5 Å². The lowest BCUT2D eigenvalue weighted by Crippen LogP contribution is -2.15. The lowest BCUT2D eigenvalue weighted by atomic mass is 10.0. The predicted molar refractivity (Wildman–Crippen MR) is 150 cm³/mol. The fourth-order valence-electron chi connectivity index (χ4n) is 4.03. The van der Waals surface area contributed by atoms with Crippen molar-refractivity contribution in [2.24, 2.45) is 0 Å². The number of fused-ring (bicyclic) bond motifs is 1. The second-order valence-corrected chi connectivity index (χ2v) is 9.04. The molecular weight excluding hydrogens is 482 g/mol. The number of rotatable bonds is 5. The van der Waals surface area contributed by atoms with E-state index in [-0.39, 0.29) is 10.7 Å². The Hall–Kier alpha value is -4.73. The van der Waals surface area contributed by atoms with E-state index >= 15 is 0 Å². The molecule has 0 radical (unpaired) electrons. The molecule has 0 saturated heterocycles. The van der Waals surface area contributed by atoms with Crippen LogP contribution in [0.25, 0.3) is 26.9 Å². The quantitative estimate of drug-likeness (QED) is 0.237. The number of carbonyl (C=O) groups is 1. The zero-order valence-electron chi connectivity index (χ0n) is 20.2. The Morgan fingerprint density at radius 3 is 2.46 bits per heavy atom. The van der Waals surface area contributed by atoms with Crippen LogP contribution in [-0.2, 0) is 0 Å². The minimum absolute atomic E-state index is 0.127. The number of amides is 1. The summed E-state index contributed by atoms with van der Waals surface area (Å²) in [7, 11) is 0. The Morgan fingerprint density at radius 1 is 0.946 bits per heavy atom. The summed E-state index contributed by atoms with van der Waals surface area (Å²) in [4.78, 5) is 25.4. The van der Waals surface area contributed by atoms with Crippen molar-refractivity contribution in [3.8, 4) is 11.1 Å². The van der Waals surface area contributed by atoms with Crippen molar-refractivity contribution in [2.75, 3.05) is 10.6 Å². The molecule has 0 atom stereocenters. The van der Waals surface area contributed by atoms with Crippen LogP contribution in [0.3, 0.4) is 0 Å². The average molecular weight is 504 g/mol. The average Bonchev–Trinajstić information content (AvgIpc) is 2.92. The monoisotopic (exact) mass is 503 g/mol. The summed E-state index contributed by atoms with van der Waals surface area (Å²) in [5.74, 6) is -0.0641. The molecule has 0 aliphatic heterocycles.